The maximum absolute atomic E-state index is 11.2. The summed E-state index contributed by atoms with van der Waals surface area (Å²) in [4.78, 5) is 20.0. The van der Waals surface area contributed by atoms with Crippen molar-refractivity contribution in [2.45, 2.75) is 51.2 Å². The molecule has 3 aromatic rings. The summed E-state index contributed by atoms with van der Waals surface area (Å²) < 4.78 is 7.56. The molecule has 0 saturated heterocycles. The summed E-state index contributed by atoms with van der Waals surface area (Å²) >= 11 is 0. The summed E-state index contributed by atoms with van der Waals surface area (Å²) in [6.45, 7) is 3.91. The van der Waals surface area contributed by atoms with Crippen LogP contribution in [0.15, 0.2) is 30.5 Å². The fourth-order valence-corrected chi connectivity index (χ4v) is 3.79. The van der Waals surface area contributed by atoms with Gasteiger partial charge in [-0.15, -0.1) is 5.10 Å². The van der Waals surface area contributed by atoms with E-state index in [-0.39, 0.29) is 18.6 Å². The summed E-state index contributed by atoms with van der Waals surface area (Å²) in [5, 5.41) is 29.9. The lowest BCUT2D eigenvalue weighted by Crippen LogP contribution is -2.29. The van der Waals surface area contributed by atoms with E-state index in [1.165, 1.54) is 0 Å². The molecule has 31 heavy (non-hydrogen) atoms. The van der Waals surface area contributed by atoms with E-state index in [1.807, 2.05) is 38.1 Å². The number of nitrogens with one attached hydrogen (secondary N) is 1. The predicted octanol–water partition coefficient (Wildman–Crippen LogP) is 2.42. The van der Waals surface area contributed by atoms with Gasteiger partial charge in [0.2, 0.25) is 5.95 Å². The Bertz CT molecular complexity index is 1070. The molecule has 0 amide bonds. The second kappa shape index (κ2) is 8.46. The number of anilines is 1. The van der Waals surface area contributed by atoms with Gasteiger partial charge in [-0.05, 0) is 57.4 Å². The number of carbonyl (C=O) groups is 1. The summed E-state index contributed by atoms with van der Waals surface area (Å²) in [6, 6.07) is 7.44. The third-order valence-corrected chi connectivity index (χ3v) is 5.50. The molecule has 10 heteroatoms. The molecular weight excluding hydrogens is 400 g/mol. The Hall–Kier alpha value is -3.27. The summed E-state index contributed by atoms with van der Waals surface area (Å²) in [7, 11) is 0. The van der Waals surface area contributed by atoms with Crippen LogP contribution < -0.4 is 10.1 Å². The van der Waals surface area contributed by atoms with E-state index in [2.05, 4.69) is 25.6 Å². The van der Waals surface area contributed by atoms with E-state index in [4.69, 9.17) is 9.84 Å². The fraction of sp³-hybridized carbons (Fsp3) is 0.476. The molecule has 1 aliphatic carbocycles. The maximum atomic E-state index is 11.2. The van der Waals surface area contributed by atoms with Gasteiger partial charge in [0.1, 0.15) is 11.4 Å². The maximum Gasteiger partial charge on any atom is 0.306 e. The van der Waals surface area contributed by atoms with Gasteiger partial charge >= 0.3 is 5.97 Å². The van der Waals surface area contributed by atoms with Crippen molar-refractivity contribution in [3.05, 3.63) is 30.5 Å². The Morgan fingerprint density at radius 2 is 2.06 bits per heavy atom. The lowest BCUT2D eigenvalue weighted by Gasteiger charge is -2.25. The zero-order valence-corrected chi connectivity index (χ0v) is 17.5. The van der Waals surface area contributed by atoms with Crippen molar-refractivity contribution in [1.29, 1.82) is 0 Å². The number of aliphatic hydroxyl groups is 1. The van der Waals surface area contributed by atoms with Gasteiger partial charge in [-0.2, -0.15) is 9.67 Å². The zero-order valence-electron chi connectivity index (χ0n) is 17.5. The Labute approximate surface area is 179 Å². The van der Waals surface area contributed by atoms with Gasteiger partial charge in [0.25, 0.3) is 0 Å². The highest BCUT2D eigenvalue weighted by molar-refractivity contribution is 5.72. The second-order valence-electron chi connectivity index (χ2n) is 8.42. The van der Waals surface area contributed by atoms with Crippen molar-refractivity contribution in [1.82, 2.24) is 25.0 Å². The first-order chi connectivity index (χ1) is 14.8. The molecule has 164 valence electrons. The average molecular weight is 426 g/mol. The van der Waals surface area contributed by atoms with Crippen LogP contribution in [-0.2, 0) is 4.79 Å². The van der Waals surface area contributed by atoms with Gasteiger partial charge < -0.3 is 20.3 Å². The number of hydrogen-bond donors (Lipinski definition) is 3. The molecule has 1 aromatic carbocycles. The Morgan fingerprint density at radius 3 is 2.74 bits per heavy atom. The van der Waals surface area contributed by atoms with Crippen molar-refractivity contribution in [2.75, 3.05) is 11.9 Å². The number of rotatable bonds is 8. The van der Waals surface area contributed by atoms with Crippen LogP contribution in [0.1, 0.15) is 39.5 Å². The number of nitrogens with zero attached hydrogens (tertiary/aromatic N) is 5. The van der Waals surface area contributed by atoms with Crippen LogP contribution in [-0.4, -0.2) is 59.4 Å². The topological polar surface area (TPSA) is 135 Å². The molecule has 1 aliphatic rings. The van der Waals surface area contributed by atoms with Crippen LogP contribution in [0.25, 0.3) is 16.9 Å². The van der Waals surface area contributed by atoms with E-state index in [0.717, 1.165) is 12.1 Å². The van der Waals surface area contributed by atoms with E-state index in [9.17, 15) is 9.90 Å². The molecule has 4 rings (SSSR count). The number of aliphatic carboxylic acids is 1. The number of hydrogen-bond acceptors (Lipinski definition) is 8. The average Bonchev–Trinajstić information content (AvgIpc) is 3.35. The van der Waals surface area contributed by atoms with E-state index in [1.54, 1.807) is 10.9 Å². The minimum Gasteiger partial charge on any atom is -0.488 e. The number of ether oxygens (including phenoxy) is 1. The van der Waals surface area contributed by atoms with Crippen LogP contribution in [0.3, 0.4) is 0 Å². The van der Waals surface area contributed by atoms with Crippen LogP contribution >= 0.6 is 0 Å². The normalized spacial score (nSPS) is 18.9. The third-order valence-electron chi connectivity index (χ3n) is 5.50. The standard InChI is InChI=1S/C21H26N6O4/c1-21(2,9-10-28)31-16-7-5-15(6-8-16)27-18-17(25-26-27)12-22-20(24-18)23-14-4-3-13(11-14)19(29)30/h5-8,12-14,28H,3-4,9-11H2,1-2H3,(H,29,30)(H,22,23,24)/t13-,14-/m1/s1. The van der Waals surface area contributed by atoms with Gasteiger partial charge in [0, 0.05) is 19.1 Å². The Kier molecular flexibility index (Phi) is 5.73. The smallest absolute Gasteiger partial charge is 0.306 e. The Balaban J connectivity index is 1.52. The number of carboxylic acids is 1. The molecule has 0 spiro atoms. The first kappa shape index (κ1) is 21.0. The van der Waals surface area contributed by atoms with Crippen LogP contribution in [0.5, 0.6) is 5.75 Å². The van der Waals surface area contributed by atoms with E-state index in [0.29, 0.717) is 42.1 Å². The monoisotopic (exact) mass is 426 g/mol. The predicted molar refractivity (Wildman–Crippen MR) is 113 cm³/mol. The molecule has 0 unspecified atom stereocenters. The van der Waals surface area contributed by atoms with Crippen molar-refractivity contribution in [2.24, 2.45) is 5.92 Å². The molecule has 0 aliphatic heterocycles. The van der Waals surface area contributed by atoms with Gasteiger partial charge in [-0.25, -0.2) is 4.98 Å². The lowest BCUT2D eigenvalue weighted by molar-refractivity contribution is -0.141. The molecular formula is C21H26N6O4. The molecule has 3 N–H and O–H groups in total. The van der Waals surface area contributed by atoms with Crippen molar-refractivity contribution in [3.63, 3.8) is 0 Å². The Morgan fingerprint density at radius 1 is 1.29 bits per heavy atom. The van der Waals surface area contributed by atoms with E-state index >= 15 is 0 Å². The molecule has 0 bridgehead atoms. The number of aliphatic hydroxyl groups excluding tert-OH is 1. The lowest BCUT2D eigenvalue weighted by atomic mass is 10.1. The molecule has 2 atom stereocenters. The summed E-state index contributed by atoms with van der Waals surface area (Å²) in [5.74, 6) is 0.0438. The van der Waals surface area contributed by atoms with Crippen molar-refractivity contribution in [3.8, 4) is 11.4 Å². The number of benzene rings is 1. The van der Waals surface area contributed by atoms with Crippen molar-refractivity contribution >= 4 is 23.1 Å². The number of aromatic nitrogens is 5. The minimum absolute atomic E-state index is 0.0292. The SMILES string of the molecule is CC(C)(CCO)Oc1ccc(-n2nnc3cnc(N[C@@H]4CC[C@@H](C(=O)O)C4)nc32)cc1. The van der Waals surface area contributed by atoms with E-state index < -0.39 is 11.6 Å². The highest BCUT2D eigenvalue weighted by atomic mass is 16.5. The van der Waals surface area contributed by atoms with Crippen molar-refractivity contribution < 1.29 is 19.7 Å². The van der Waals surface area contributed by atoms with Gasteiger partial charge in [0.05, 0.1) is 17.8 Å². The van der Waals surface area contributed by atoms with Crippen LogP contribution in [0.2, 0.25) is 0 Å². The van der Waals surface area contributed by atoms with Gasteiger partial charge in [-0.1, -0.05) is 5.21 Å². The molecule has 10 nitrogen and oxygen atoms in total. The molecule has 2 aromatic heterocycles. The quantitative estimate of drug-likeness (QED) is 0.496. The highest BCUT2D eigenvalue weighted by Crippen LogP contribution is 2.28. The summed E-state index contributed by atoms with van der Waals surface area (Å²) in [5.41, 5.74) is 1.42. The summed E-state index contributed by atoms with van der Waals surface area (Å²) in [6.07, 6.45) is 4.11. The third kappa shape index (κ3) is 4.74. The minimum atomic E-state index is -0.755. The largest absolute Gasteiger partial charge is 0.488 e. The first-order valence-corrected chi connectivity index (χ1v) is 10.3. The first-order valence-electron chi connectivity index (χ1n) is 10.3. The second-order valence-corrected chi connectivity index (χ2v) is 8.42. The van der Waals surface area contributed by atoms with Gasteiger partial charge in [-0.3, -0.25) is 4.79 Å². The number of carboxylic acid groups (broad SMARTS) is 1. The molecule has 0 radical (unpaired) electrons. The van der Waals surface area contributed by atoms with Crippen LogP contribution in [0.4, 0.5) is 5.95 Å². The molecule has 1 fully saturated rings. The molecule has 2 heterocycles. The highest BCUT2D eigenvalue weighted by Gasteiger charge is 2.30. The molecule has 1 saturated carbocycles. The fourth-order valence-electron chi connectivity index (χ4n) is 3.79. The zero-order chi connectivity index (χ0) is 22.0. The van der Waals surface area contributed by atoms with Gasteiger partial charge in [0.15, 0.2) is 11.2 Å². The van der Waals surface area contributed by atoms with Crippen LogP contribution in [0, 0.1) is 5.92 Å². The number of fused-ring (bicyclic) bond motifs is 1.